The Morgan fingerprint density at radius 2 is 2.00 bits per heavy atom. The standard InChI is InChI=1S/C17H17NO4/c1-9(11-6-4-3-5-7-11)12-8-13-14(10(2)19)16(20)18(13)15(12)17(21)22/h3-7,10,13-14,19H,1,8H2,2H3,(H,21,22)/t10-,13-,14-/m1/s1. The summed E-state index contributed by atoms with van der Waals surface area (Å²) in [6, 6.07) is 9.02. The Bertz CT molecular complexity index is 690. The van der Waals surface area contributed by atoms with Crippen molar-refractivity contribution in [3.05, 3.63) is 53.7 Å². The zero-order valence-corrected chi connectivity index (χ0v) is 12.2. The minimum absolute atomic E-state index is 0.000697. The molecular weight excluding hydrogens is 282 g/mol. The molecule has 2 aliphatic heterocycles. The first-order chi connectivity index (χ1) is 10.4. The van der Waals surface area contributed by atoms with E-state index in [4.69, 9.17) is 0 Å². The van der Waals surface area contributed by atoms with E-state index in [1.807, 2.05) is 30.3 Å². The molecule has 3 rings (SSSR count). The minimum Gasteiger partial charge on any atom is -0.477 e. The van der Waals surface area contributed by atoms with Crippen LogP contribution in [0.4, 0.5) is 0 Å². The monoisotopic (exact) mass is 299 g/mol. The SMILES string of the molecule is C=C(C1=C(C(=O)O)N2C(=O)[C@H]([C@@H](C)O)[C@H]2C1)c1ccccc1. The lowest BCUT2D eigenvalue weighted by atomic mass is 9.82. The van der Waals surface area contributed by atoms with Gasteiger partial charge in [0.15, 0.2) is 0 Å². The maximum Gasteiger partial charge on any atom is 0.352 e. The zero-order chi connectivity index (χ0) is 16.0. The Hall–Kier alpha value is -2.40. The van der Waals surface area contributed by atoms with Crippen LogP contribution in [0, 0.1) is 5.92 Å². The molecule has 0 radical (unpaired) electrons. The van der Waals surface area contributed by atoms with E-state index in [-0.39, 0.29) is 17.6 Å². The Morgan fingerprint density at radius 1 is 1.36 bits per heavy atom. The maximum absolute atomic E-state index is 12.1. The number of aliphatic carboxylic acids is 1. The van der Waals surface area contributed by atoms with Crippen LogP contribution in [0.2, 0.25) is 0 Å². The van der Waals surface area contributed by atoms with Crippen LogP contribution in [-0.2, 0) is 9.59 Å². The lowest BCUT2D eigenvalue weighted by Gasteiger charge is -2.44. The molecule has 0 aromatic heterocycles. The van der Waals surface area contributed by atoms with Crippen molar-refractivity contribution in [2.45, 2.75) is 25.5 Å². The second-order valence-electron chi connectivity index (χ2n) is 5.72. The third-order valence-electron chi connectivity index (χ3n) is 4.42. The summed E-state index contributed by atoms with van der Waals surface area (Å²) in [5, 5.41) is 19.2. The van der Waals surface area contributed by atoms with Crippen LogP contribution in [0.3, 0.4) is 0 Å². The van der Waals surface area contributed by atoms with Gasteiger partial charge in [-0.2, -0.15) is 0 Å². The number of benzene rings is 1. The Morgan fingerprint density at radius 3 is 2.55 bits per heavy atom. The second kappa shape index (κ2) is 5.10. The maximum atomic E-state index is 12.1. The molecule has 0 spiro atoms. The lowest BCUT2D eigenvalue weighted by molar-refractivity contribution is -0.161. The van der Waals surface area contributed by atoms with Crippen molar-refractivity contribution in [1.29, 1.82) is 0 Å². The van der Waals surface area contributed by atoms with E-state index in [0.717, 1.165) is 5.56 Å². The number of fused-ring (bicyclic) bond motifs is 1. The number of hydrogen-bond donors (Lipinski definition) is 2. The van der Waals surface area contributed by atoms with Crippen LogP contribution in [-0.4, -0.2) is 39.1 Å². The topological polar surface area (TPSA) is 77.8 Å². The van der Waals surface area contributed by atoms with E-state index in [2.05, 4.69) is 6.58 Å². The molecule has 0 unspecified atom stereocenters. The normalized spacial score (nSPS) is 24.8. The molecule has 3 atom stereocenters. The molecule has 1 aromatic rings. The van der Waals surface area contributed by atoms with Crippen molar-refractivity contribution in [3.63, 3.8) is 0 Å². The predicted octanol–water partition coefficient (Wildman–Crippen LogP) is 1.65. The summed E-state index contributed by atoms with van der Waals surface area (Å²) in [6.45, 7) is 5.57. The van der Waals surface area contributed by atoms with Crippen LogP contribution in [0.5, 0.6) is 0 Å². The molecule has 2 N–H and O–H groups in total. The van der Waals surface area contributed by atoms with Crippen molar-refractivity contribution in [2.75, 3.05) is 0 Å². The summed E-state index contributed by atoms with van der Waals surface area (Å²) in [5.41, 5.74) is 2.02. The molecule has 2 aliphatic rings. The predicted molar refractivity (Wildman–Crippen MR) is 80.6 cm³/mol. The third kappa shape index (κ3) is 1.97. The molecule has 0 saturated carbocycles. The molecule has 5 nitrogen and oxygen atoms in total. The average Bonchev–Trinajstić information content (AvgIpc) is 2.82. The quantitative estimate of drug-likeness (QED) is 0.829. The van der Waals surface area contributed by atoms with Crippen LogP contribution in [0.15, 0.2) is 48.2 Å². The van der Waals surface area contributed by atoms with Gasteiger partial charge < -0.3 is 15.1 Å². The number of carbonyl (C=O) groups is 2. The molecule has 0 aliphatic carbocycles. The average molecular weight is 299 g/mol. The molecule has 22 heavy (non-hydrogen) atoms. The number of rotatable bonds is 4. The molecule has 2 heterocycles. The van der Waals surface area contributed by atoms with Gasteiger partial charge in [0.2, 0.25) is 5.91 Å². The number of amides is 1. The van der Waals surface area contributed by atoms with Gasteiger partial charge in [0.25, 0.3) is 0 Å². The van der Waals surface area contributed by atoms with Crippen LogP contribution in [0.1, 0.15) is 18.9 Å². The lowest BCUT2D eigenvalue weighted by Crippen LogP contribution is -2.61. The molecule has 0 bridgehead atoms. The summed E-state index contributed by atoms with van der Waals surface area (Å²) >= 11 is 0. The highest BCUT2D eigenvalue weighted by Crippen LogP contribution is 2.46. The number of carbonyl (C=O) groups excluding carboxylic acids is 1. The number of carboxylic acids is 1. The minimum atomic E-state index is -1.13. The van der Waals surface area contributed by atoms with E-state index >= 15 is 0 Å². The van der Waals surface area contributed by atoms with Gasteiger partial charge in [0, 0.05) is 0 Å². The van der Waals surface area contributed by atoms with Crippen LogP contribution >= 0.6 is 0 Å². The zero-order valence-electron chi connectivity index (χ0n) is 12.2. The Kier molecular flexibility index (Phi) is 3.37. The summed E-state index contributed by atoms with van der Waals surface area (Å²) in [4.78, 5) is 25.0. The van der Waals surface area contributed by atoms with Crippen LogP contribution < -0.4 is 0 Å². The van der Waals surface area contributed by atoms with Gasteiger partial charge in [0.05, 0.1) is 18.1 Å². The van der Waals surface area contributed by atoms with Gasteiger partial charge in [-0.05, 0) is 30.1 Å². The largest absolute Gasteiger partial charge is 0.477 e. The first kappa shape index (κ1) is 14.5. The van der Waals surface area contributed by atoms with Crippen molar-refractivity contribution in [1.82, 2.24) is 4.90 Å². The van der Waals surface area contributed by atoms with E-state index < -0.39 is 18.0 Å². The van der Waals surface area contributed by atoms with Gasteiger partial charge in [-0.25, -0.2) is 4.79 Å². The molecule has 1 aromatic carbocycles. The Balaban J connectivity index is 1.99. The summed E-state index contributed by atoms with van der Waals surface area (Å²) in [7, 11) is 0. The number of allylic oxidation sites excluding steroid dienone is 1. The number of aliphatic hydroxyl groups excluding tert-OH is 1. The number of β-lactam (4-membered cyclic amide) rings is 1. The second-order valence-corrected chi connectivity index (χ2v) is 5.72. The summed E-state index contributed by atoms with van der Waals surface area (Å²) < 4.78 is 0. The first-order valence-corrected chi connectivity index (χ1v) is 7.15. The number of aliphatic hydroxyl groups is 1. The van der Waals surface area contributed by atoms with Gasteiger partial charge in [0.1, 0.15) is 5.70 Å². The molecule has 1 saturated heterocycles. The van der Waals surface area contributed by atoms with Gasteiger partial charge >= 0.3 is 5.97 Å². The third-order valence-corrected chi connectivity index (χ3v) is 4.42. The summed E-state index contributed by atoms with van der Waals surface area (Å²) in [6.07, 6.45) is -0.371. The van der Waals surface area contributed by atoms with Gasteiger partial charge in [-0.3, -0.25) is 4.79 Å². The molecule has 1 amide bonds. The van der Waals surface area contributed by atoms with E-state index in [1.54, 1.807) is 6.92 Å². The first-order valence-electron chi connectivity index (χ1n) is 7.15. The van der Waals surface area contributed by atoms with Crippen molar-refractivity contribution in [2.24, 2.45) is 5.92 Å². The van der Waals surface area contributed by atoms with E-state index in [9.17, 15) is 19.8 Å². The highest BCUT2D eigenvalue weighted by Gasteiger charge is 2.56. The van der Waals surface area contributed by atoms with Gasteiger partial charge in [-0.1, -0.05) is 36.9 Å². The number of nitrogens with zero attached hydrogens (tertiary/aromatic N) is 1. The highest BCUT2D eigenvalue weighted by atomic mass is 16.4. The molecule has 114 valence electrons. The van der Waals surface area contributed by atoms with Crippen LogP contribution in [0.25, 0.3) is 5.57 Å². The molecule has 5 heteroatoms. The van der Waals surface area contributed by atoms with E-state index in [1.165, 1.54) is 4.90 Å². The number of hydrogen-bond acceptors (Lipinski definition) is 3. The molecule has 1 fully saturated rings. The highest BCUT2D eigenvalue weighted by molar-refractivity contribution is 6.03. The fraction of sp³-hybridized carbons (Fsp3) is 0.294. The van der Waals surface area contributed by atoms with Crippen molar-refractivity contribution < 1.29 is 19.8 Å². The molecular formula is C17H17NO4. The van der Waals surface area contributed by atoms with Crippen molar-refractivity contribution in [3.8, 4) is 0 Å². The smallest absolute Gasteiger partial charge is 0.352 e. The van der Waals surface area contributed by atoms with Gasteiger partial charge in [-0.15, -0.1) is 0 Å². The summed E-state index contributed by atoms with van der Waals surface area (Å²) in [5.74, 6) is -1.99. The Labute approximate surface area is 128 Å². The fourth-order valence-corrected chi connectivity index (χ4v) is 3.35. The van der Waals surface area contributed by atoms with E-state index in [0.29, 0.717) is 17.6 Å². The number of carboxylic acid groups (broad SMARTS) is 1. The fourth-order valence-electron chi connectivity index (χ4n) is 3.35. The van der Waals surface area contributed by atoms with Crippen molar-refractivity contribution >= 4 is 17.4 Å².